The molecule has 0 aliphatic carbocycles. The molecule has 0 fully saturated rings. The van der Waals surface area contributed by atoms with E-state index in [2.05, 4.69) is 29.2 Å². The summed E-state index contributed by atoms with van der Waals surface area (Å²) < 4.78 is 10.7. The highest BCUT2D eigenvalue weighted by Crippen LogP contribution is 2.21. The highest BCUT2D eigenvalue weighted by Gasteiger charge is 2.05. The van der Waals surface area contributed by atoms with E-state index in [1.54, 1.807) is 0 Å². The number of aromatic nitrogens is 2. The third-order valence-corrected chi connectivity index (χ3v) is 2.02. The van der Waals surface area contributed by atoms with E-state index >= 15 is 0 Å². The van der Waals surface area contributed by atoms with Crippen LogP contribution in [0.2, 0.25) is 5.02 Å². The molecule has 0 aliphatic heterocycles. The molecule has 6 nitrogen and oxygen atoms in total. The maximum atomic E-state index is 5.86. The standard InChI is InChI=1S/C10H17ClN4O2/c1-7(2)6-16-3-4-17-9-8(11)5-13-10(14-9)15-12/h5,7H,3-4,6,12H2,1-2H3,(H,13,14,15). The first-order valence-corrected chi connectivity index (χ1v) is 5.71. The van der Waals surface area contributed by atoms with Crippen LogP contribution in [0.1, 0.15) is 13.8 Å². The number of anilines is 1. The molecule has 0 radical (unpaired) electrons. The van der Waals surface area contributed by atoms with Crippen LogP contribution in [-0.4, -0.2) is 29.8 Å². The van der Waals surface area contributed by atoms with E-state index in [9.17, 15) is 0 Å². The first-order valence-electron chi connectivity index (χ1n) is 5.33. The quantitative estimate of drug-likeness (QED) is 0.439. The Bertz CT molecular complexity index is 349. The lowest BCUT2D eigenvalue weighted by Gasteiger charge is -2.09. The lowest BCUT2D eigenvalue weighted by molar-refractivity contribution is 0.0806. The molecule has 0 unspecified atom stereocenters. The molecule has 1 rings (SSSR count). The van der Waals surface area contributed by atoms with Gasteiger partial charge in [-0.1, -0.05) is 25.4 Å². The summed E-state index contributed by atoms with van der Waals surface area (Å²) in [5.74, 6) is 6.24. The number of nitrogens with zero attached hydrogens (tertiary/aromatic N) is 2. The minimum Gasteiger partial charge on any atom is -0.474 e. The van der Waals surface area contributed by atoms with Gasteiger partial charge in [0, 0.05) is 6.61 Å². The van der Waals surface area contributed by atoms with Crippen LogP contribution in [0.3, 0.4) is 0 Å². The summed E-state index contributed by atoms with van der Waals surface area (Å²) in [7, 11) is 0. The van der Waals surface area contributed by atoms with Gasteiger partial charge < -0.3 is 9.47 Å². The lowest BCUT2D eigenvalue weighted by Crippen LogP contribution is -2.13. The van der Waals surface area contributed by atoms with Crippen LogP contribution in [0.5, 0.6) is 5.88 Å². The molecule has 0 aromatic carbocycles. The maximum absolute atomic E-state index is 5.86. The summed E-state index contributed by atoms with van der Waals surface area (Å²) in [6, 6.07) is 0. The second-order valence-electron chi connectivity index (χ2n) is 3.81. The van der Waals surface area contributed by atoms with Gasteiger partial charge in [0.15, 0.2) is 0 Å². The van der Waals surface area contributed by atoms with Gasteiger partial charge in [0.1, 0.15) is 11.6 Å². The summed E-state index contributed by atoms with van der Waals surface area (Å²) in [6.07, 6.45) is 1.42. The van der Waals surface area contributed by atoms with E-state index < -0.39 is 0 Å². The highest BCUT2D eigenvalue weighted by atomic mass is 35.5. The Morgan fingerprint density at radius 2 is 2.24 bits per heavy atom. The van der Waals surface area contributed by atoms with Gasteiger partial charge in [-0.15, -0.1) is 0 Å². The zero-order valence-electron chi connectivity index (χ0n) is 9.94. The SMILES string of the molecule is CC(C)COCCOc1nc(NN)ncc1Cl. The number of ether oxygens (including phenoxy) is 2. The van der Waals surface area contributed by atoms with Crippen molar-refractivity contribution in [1.82, 2.24) is 9.97 Å². The van der Waals surface area contributed by atoms with Crippen LogP contribution in [-0.2, 0) is 4.74 Å². The Kier molecular flexibility index (Phi) is 5.96. The molecular formula is C10H17ClN4O2. The van der Waals surface area contributed by atoms with Crippen LogP contribution >= 0.6 is 11.6 Å². The predicted molar refractivity (Wildman–Crippen MR) is 66.0 cm³/mol. The predicted octanol–water partition coefficient (Wildman–Crippen LogP) is 1.47. The number of rotatable bonds is 7. The van der Waals surface area contributed by atoms with E-state index in [4.69, 9.17) is 26.9 Å². The Hall–Kier alpha value is -1.11. The number of nitrogen functional groups attached to an aromatic ring is 1. The fourth-order valence-electron chi connectivity index (χ4n) is 1.04. The number of hydrazine groups is 1. The molecule has 0 amide bonds. The largest absolute Gasteiger partial charge is 0.474 e. The normalized spacial score (nSPS) is 10.6. The zero-order valence-corrected chi connectivity index (χ0v) is 10.7. The molecule has 3 N–H and O–H groups in total. The van der Waals surface area contributed by atoms with Crippen molar-refractivity contribution in [2.45, 2.75) is 13.8 Å². The third-order valence-electron chi connectivity index (χ3n) is 1.76. The topological polar surface area (TPSA) is 82.3 Å². The van der Waals surface area contributed by atoms with E-state index in [0.29, 0.717) is 36.6 Å². The van der Waals surface area contributed by atoms with Crippen molar-refractivity contribution in [2.75, 3.05) is 25.2 Å². The summed E-state index contributed by atoms with van der Waals surface area (Å²) in [5.41, 5.74) is 2.32. The summed E-state index contributed by atoms with van der Waals surface area (Å²) in [4.78, 5) is 7.80. The van der Waals surface area contributed by atoms with Crippen LogP contribution in [0.25, 0.3) is 0 Å². The molecule has 0 saturated heterocycles. The van der Waals surface area contributed by atoms with E-state index in [0.717, 1.165) is 0 Å². The fourth-order valence-corrected chi connectivity index (χ4v) is 1.18. The van der Waals surface area contributed by atoms with Gasteiger partial charge in [0.25, 0.3) is 0 Å². The monoisotopic (exact) mass is 260 g/mol. The van der Waals surface area contributed by atoms with Crippen molar-refractivity contribution in [3.8, 4) is 5.88 Å². The van der Waals surface area contributed by atoms with Crippen molar-refractivity contribution >= 4 is 17.5 Å². The summed E-state index contributed by atoms with van der Waals surface area (Å²) in [5, 5.41) is 0.341. The molecular weight excluding hydrogens is 244 g/mol. The van der Waals surface area contributed by atoms with Crippen molar-refractivity contribution in [3.63, 3.8) is 0 Å². The molecule has 1 aromatic rings. The molecule has 0 spiro atoms. The number of nitrogens with two attached hydrogens (primary N) is 1. The van der Waals surface area contributed by atoms with Gasteiger partial charge in [0.2, 0.25) is 11.8 Å². The van der Waals surface area contributed by atoms with Gasteiger partial charge >= 0.3 is 0 Å². The Morgan fingerprint density at radius 3 is 2.88 bits per heavy atom. The average Bonchev–Trinajstić information content (AvgIpc) is 2.30. The Balaban J connectivity index is 2.35. The van der Waals surface area contributed by atoms with E-state index in [-0.39, 0.29) is 5.95 Å². The molecule has 7 heteroatoms. The second-order valence-corrected chi connectivity index (χ2v) is 4.22. The molecule has 1 aromatic heterocycles. The molecule has 96 valence electrons. The fraction of sp³-hybridized carbons (Fsp3) is 0.600. The van der Waals surface area contributed by atoms with Crippen molar-refractivity contribution in [2.24, 2.45) is 11.8 Å². The van der Waals surface area contributed by atoms with Crippen LogP contribution < -0.4 is 16.0 Å². The van der Waals surface area contributed by atoms with Crippen LogP contribution in [0, 0.1) is 5.92 Å². The van der Waals surface area contributed by atoms with Gasteiger partial charge in [-0.05, 0) is 5.92 Å². The second kappa shape index (κ2) is 7.26. The van der Waals surface area contributed by atoms with Gasteiger partial charge in [-0.25, -0.2) is 10.8 Å². The number of hydrogen-bond acceptors (Lipinski definition) is 6. The van der Waals surface area contributed by atoms with Crippen LogP contribution in [0.15, 0.2) is 6.20 Å². The van der Waals surface area contributed by atoms with Gasteiger partial charge in [-0.2, -0.15) is 4.98 Å². The highest BCUT2D eigenvalue weighted by molar-refractivity contribution is 6.31. The number of hydrogen-bond donors (Lipinski definition) is 2. The maximum Gasteiger partial charge on any atom is 0.240 e. The summed E-state index contributed by atoms with van der Waals surface area (Å²) in [6.45, 7) is 5.75. The minimum absolute atomic E-state index is 0.257. The first-order chi connectivity index (χ1) is 8.13. The first kappa shape index (κ1) is 14.0. The number of nitrogens with one attached hydrogen (secondary N) is 1. The molecule has 0 aliphatic rings. The zero-order chi connectivity index (χ0) is 12.7. The van der Waals surface area contributed by atoms with E-state index in [1.165, 1.54) is 6.20 Å². The van der Waals surface area contributed by atoms with Gasteiger partial charge in [-0.3, -0.25) is 5.43 Å². The average molecular weight is 261 g/mol. The molecule has 0 bridgehead atoms. The summed E-state index contributed by atoms with van der Waals surface area (Å²) >= 11 is 5.86. The minimum atomic E-state index is 0.257. The van der Waals surface area contributed by atoms with Crippen molar-refractivity contribution in [1.29, 1.82) is 0 Å². The van der Waals surface area contributed by atoms with Crippen molar-refractivity contribution < 1.29 is 9.47 Å². The smallest absolute Gasteiger partial charge is 0.240 e. The third kappa shape index (κ3) is 5.16. The Morgan fingerprint density at radius 1 is 1.47 bits per heavy atom. The van der Waals surface area contributed by atoms with Gasteiger partial charge in [0.05, 0.1) is 12.8 Å². The lowest BCUT2D eigenvalue weighted by atomic mass is 10.2. The number of halogens is 1. The van der Waals surface area contributed by atoms with Crippen molar-refractivity contribution in [3.05, 3.63) is 11.2 Å². The molecule has 0 atom stereocenters. The van der Waals surface area contributed by atoms with E-state index in [1.807, 2.05) is 0 Å². The van der Waals surface area contributed by atoms with Crippen LogP contribution in [0.4, 0.5) is 5.95 Å². The Labute approximate surface area is 105 Å². The molecule has 0 saturated carbocycles. The molecule has 1 heterocycles. The molecule has 17 heavy (non-hydrogen) atoms.